The lowest BCUT2D eigenvalue weighted by Gasteiger charge is -2.13. The molecule has 0 saturated carbocycles. The molecule has 3 aromatic rings. The number of anilines is 1. The first kappa shape index (κ1) is 26.1. The number of nitro groups is 1. The summed E-state index contributed by atoms with van der Waals surface area (Å²) in [5.74, 6) is -1.80. The highest BCUT2D eigenvalue weighted by Crippen LogP contribution is 2.29. The van der Waals surface area contributed by atoms with Crippen LogP contribution in [0.5, 0.6) is 5.75 Å². The number of amides is 2. The molecule has 3 aromatic carbocycles. The Morgan fingerprint density at radius 1 is 1.06 bits per heavy atom. The van der Waals surface area contributed by atoms with Crippen molar-refractivity contribution in [3.05, 3.63) is 104 Å². The number of carbonyl (C=O) groups is 2. The van der Waals surface area contributed by atoms with E-state index in [0.717, 1.165) is 24.0 Å². The average Bonchev–Trinajstić information content (AvgIpc) is 2.86. The van der Waals surface area contributed by atoms with Gasteiger partial charge in [0, 0.05) is 42.0 Å². The lowest BCUT2D eigenvalue weighted by molar-refractivity contribution is -0.385. The Hall–Kier alpha value is -4.51. The Bertz CT molecular complexity index is 1340. The molecule has 0 aromatic heterocycles. The average molecular weight is 551 g/mol. The molecule has 11 heteroatoms. The van der Waals surface area contributed by atoms with Crippen LogP contribution in [0.4, 0.5) is 11.4 Å². The van der Waals surface area contributed by atoms with Gasteiger partial charge in [0.2, 0.25) is 0 Å². The second kappa shape index (κ2) is 11.8. The third-order valence-electron chi connectivity index (χ3n) is 4.89. The Balaban J connectivity index is 1.86. The van der Waals surface area contributed by atoms with E-state index in [0.29, 0.717) is 11.1 Å². The van der Waals surface area contributed by atoms with E-state index < -0.39 is 22.5 Å². The number of halogens is 1. The molecule has 0 spiro atoms. The van der Waals surface area contributed by atoms with E-state index >= 15 is 0 Å². The molecule has 0 aliphatic carbocycles. The van der Waals surface area contributed by atoms with Crippen molar-refractivity contribution in [3.63, 3.8) is 0 Å². The van der Waals surface area contributed by atoms with Crippen molar-refractivity contribution in [1.29, 1.82) is 0 Å². The number of nitrogens with zero attached hydrogens (tertiary/aromatic N) is 3. The Kier molecular flexibility index (Phi) is 8.52. The maximum atomic E-state index is 12.9. The number of nitrogens with one attached hydrogen (secondary N) is 2. The summed E-state index contributed by atoms with van der Waals surface area (Å²) in [6.45, 7) is 0. The first-order valence-corrected chi connectivity index (χ1v) is 11.3. The van der Waals surface area contributed by atoms with Gasteiger partial charge in [0.05, 0.1) is 11.1 Å². The topological polar surface area (TPSA) is 140 Å². The minimum Gasteiger partial charge on any atom is -0.871 e. The minimum absolute atomic E-state index is 0.0126. The normalized spacial score (nSPS) is 11.2. The molecule has 184 valence electrons. The van der Waals surface area contributed by atoms with E-state index in [1.54, 1.807) is 42.5 Å². The molecule has 0 fully saturated rings. The number of hydrazone groups is 1. The zero-order chi connectivity index (χ0) is 26.2. The summed E-state index contributed by atoms with van der Waals surface area (Å²) in [4.78, 5) is 37.9. The monoisotopic (exact) mass is 550 g/mol. The fourth-order valence-corrected chi connectivity index (χ4v) is 3.46. The van der Waals surface area contributed by atoms with E-state index in [1.807, 2.05) is 31.1 Å². The van der Waals surface area contributed by atoms with Crippen LogP contribution >= 0.6 is 15.9 Å². The lowest BCUT2D eigenvalue weighted by atomic mass is 10.1. The zero-order valence-electron chi connectivity index (χ0n) is 19.3. The maximum absolute atomic E-state index is 12.9. The predicted molar refractivity (Wildman–Crippen MR) is 139 cm³/mol. The number of nitro benzene ring substituents is 1. The number of benzene rings is 3. The highest BCUT2D eigenvalue weighted by atomic mass is 79.9. The number of hydrogen-bond donors (Lipinski definition) is 2. The molecule has 3 rings (SSSR count). The third-order valence-corrected chi connectivity index (χ3v) is 5.48. The van der Waals surface area contributed by atoms with Gasteiger partial charge in [-0.2, -0.15) is 5.10 Å². The van der Waals surface area contributed by atoms with E-state index in [9.17, 15) is 24.8 Å². The Labute approximate surface area is 215 Å². The van der Waals surface area contributed by atoms with Crippen molar-refractivity contribution in [2.45, 2.75) is 0 Å². The van der Waals surface area contributed by atoms with Crippen LogP contribution in [0, 0.1) is 10.1 Å². The number of hydrogen-bond acceptors (Lipinski definition) is 7. The molecule has 0 atom stereocenters. The molecule has 0 unspecified atom stereocenters. The van der Waals surface area contributed by atoms with Crippen molar-refractivity contribution in [1.82, 2.24) is 10.7 Å². The van der Waals surface area contributed by atoms with Crippen molar-refractivity contribution >= 4 is 51.4 Å². The van der Waals surface area contributed by atoms with Gasteiger partial charge in [0.25, 0.3) is 17.5 Å². The first-order valence-electron chi connectivity index (χ1n) is 10.5. The summed E-state index contributed by atoms with van der Waals surface area (Å²) < 4.78 is -0.0126. The van der Waals surface area contributed by atoms with Gasteiger partial charge < -0.3 is 15.3 Å². The van der Waals surface area contributed by atoms with Crippen LogP contribution in [0.25, 0.3) is 6.08 Å². The molecule has 10 nitrogen and oxygen atoms in total. The summed E-state index contributed by atoms with van der Waals surface area (Å²) in [6.07, 6.45) is 2.48. The third kappa shape index (κ3) is 6.76. The SMILES string of the molecule is CN(C)c1ccc(/C=C(\NC(=O)c2ccccc2)C(=O)N/N=C\c2cc([N+](=O)[O-])cc(Br)c2[O-])cc1. The molecule has 36 heavy (non-hydrogen) atoms. The summed E-state index contributed by atoms with van der Waals surface area (Å²) in [7, 11) is 3.80. The Morgan fingerprint density at radius 2 is 1.72 bits per heavy atom. The van der Waals surface area contributed by atoms with Gasteiger partial charge >= 0.3 is 0 Å². The highest BCUT2D eigenvalue weighted by Gasteiger charge is 2.15. The van der Waals surface area contributed by atoms with Crippen molar-refractivity contribution < 1.29 is 19.6 Å². The van der Waals surface area contributed by atoms with E-state index in [-0.39, 0.29) is 21.4 Å². The van der Waals surface area contributed by atoms with Gasteiger partial charge in [-0.05, 0) is 41.5 Å². The fourth-order valence-electron chi connectivity index (χ4n) is 3.00. The van der Waals surface area contributed by atoms with Crippen LogP contribution in [-0.4, -0.2) is 37.0 Å². The van der Waals surface area contributed by atoms with Crippen LogP contribution in [-0.2, 0) is 4.79 Å². The summed E-state index contributed by atoms with van der Waals surface area (Å²) in [5, 5.41) is 29.6. The van der Waals surface area contributed by atoms with Crippen molar-refractivity contribution in [3.8, 4) is 5.75 Å². The Morgan fingerprint density at radius 3 is 2.33 bits per heavy atom. The fraction of sp³-hybridized carbons (Fsp3) is 0.0800. The smallest absolute Gasteiger partial charge is 0.287 e. The minimum atomic E-state index is -0.760. The molecular weight excluding hydrogens is 530 g/mol. The summed E-state index contributed by atoms with van der Waals surface area (Å²) >= 11 is 2.98. The van der Waals surface area contributed by atoms with E-state index in [1.165, 1.54) is 6.08 Å². The largest absolute Gasteiger partial charge is 0.871 e. The highest BCUT2D eigenvalue weighted by molar-refractivity contribution is 9.10. The molecule has 2 N–H and O–H groups in total. The molecule has 0 radical (unpaired) electrons. The van der Waals surface area contributed by atoms with Gasteiger partial charge in [-0.25, -0.2) is 5.43 Å². The van der Waals surface area contributed by atoms with Gasteiger partial charge in [0.15, 0.2) is 0 Å². The molecule has 0 aliphatic heterocycles. The van der Waals surface area contributed by atoms with Crippen LogP contribution in [0.1, 0.15) is 21.5 Å². The zero-order valence-corrected chi connectivity index (χ0v) is 20.9. The maximum Gasteiger partial charge on any atom is 0.287 e. The van der Waals surface area contributed by atoms with Gasteiger partial charge in [-0.3, -0.25) is 19.7 Å². The molecule has 0 heterocycles. The predicted octanol–water partition coefficient (Wildman–Crippen LogP) is 3.42. The number of non-ortho nitro benzene ring substituents is 1. The first-order chi connectivity index (χ1) is 17.2. The standard InChI is InChI=1S/C25H22BrN5O5/c1-30(2)19-10-8-16(9-11-19)12-22(28-24(33)17-6-4-3-5-7-17)25(34)29-27-15-18-13-20(31(35)36)14-21(26)23(18)32/h3-15,32H,1-2H3,(H,28,33)(H,29,34)/p-1/b22-12-,27-15-. The quantitative estimate of drug-likeness (QED) is 0.190. The molecule has 0 bridgehead atoms. The van der Waals surface area contributed by atoms with Gasteiger partial charge in [0.1, 0.15) is 5.70 Å². The molecule has 2 amide bonds. The van der Waals surface area contributed by atoms with Crippen LogP contribution in [0.15, 0.2) is 82.0 Å². The molecule has 0 saturated heterocycles. The van der Waals surface area contributed by atoms with Crippen LogP contribution in [0.2, 0.25) is 0 Å². The van der Waals surface area contributed by atoms with Crippen LogP contribution in [0.3, 0.4) is 0 Å². The van der Waals surface area contributed by atoms with E-state index in [2.05, 4.69) is 31.8 Å². The second-order valence-corrected chi connectivity index (χ2v) is 8.52. The summed E-state index contributed by atoms with van der Waals surface area (Å²) in [6, 6.07) is 17.8. The second-order valence-electron chi connectivity index (χ2n) is 7.67. The van der Waals surface area contributed by atoms with Crippen LogP contribution < -0.4 is 20.7 Å². The molecular formula is C25H21BrN5O5-. The molecule has 0 aliphatic rings. The number of rotatable bonds is 8. The lowest BCUT2D eigenvalue weighted by Crippen LogP contribution is -2.32. The van der Waals surface area contributed by atoms with Crippen molar-refractivity contribution in [2.24, 2.45) is 5.10 Å². The number of carbonyl (C=O) groups excluding carboxylic acids is 2. The van der Waals surface area contributed by atoms with Gasteiger partial charge in [-0.15, -0.1) is 0 Å². The van der Waals surface area contributed by atoms with Gasteiger partial charge in [-0.1, -0.05) is 52.0 Å². The van der Waals surface area contributed by atoms with Crippen molar-refractivity contribution in [2.75, 3.05) is 19.0 Å². The van der Waals surface area contributed by atoms with E-state index in [4.69, 9.17) is 0 Å². The summed E-state index contributed by atoms with van der Waals surface area (Å²) in [5.41, 5.74) is 3.68.